The maximum Gasteiger partial charge on any atom is 0.342 e. The van der Waals surface area contributed by atoms with E-state index in [-0.39, 0.29) is 0 Å². The van der Waals surface area contributed by atoms with E-state index in [9.17, 15) is 4.79 Å². The number of hydrogen-bond donors (Lipinski definition) is 0. The van der Waals surface area contributed by atoms with Crippen molar-refractivity contribution in [1.82, 2.24) is 0 Å². The first-order valence-corrected chi connectivity index (χ1v) is 6.92. The molecule has 3 rings (SSSR count). The highest BCUT2D eigenvalue weighted by Gasteiger charge is 2.06. The second kappa shape index (κ2) is 5.21. The lowest BCUT2D eigenvalue weighted by atomic mass is 10.1. The molecule has 1 nitrogen and oxygen atoms in total. The highest BCUT2D eigenvalue weighted by atomic mass is 32.1. The van der Waals surface area contributed by atoms with E-state index in [4.69, 9.17) is 0 Å². The minimum absolute atomic E-state index is 0.302. The van der Waals surface area contributed by atoms with Gasteiger partial charge in [0.2, 0.25) is 0 Å². The van der Waals surface area contributed by atoms with Crippen LogP contribution in [-0.2, 0) is 0 Å². The molecule has 92 valence electrons. The second-order valence-corrected chi connectivity index (χ2v) is 5.36. The molecular formula is C17H13OS+. The molecule has 0 saturated heterocycles. The maximum atomic E-state index is 9.92. The van der Waals surface area contributed by atoms with Gasteiger partial charge in [0.15, 0.2) is 0 Å². The van der Waals surface area contributed by atoms with Crippen LogP contribution in [0.15, 0.2) is 72.8 Å². The summed E-state index contributed by atoms with van der Waals surface area (Å²) < 4.78 is 0. The molecule has 0 aliphatic carbocycles. The van der Waals surface area contributed by atoms with E-state index >= 15 is 0 Å². The van der Waals surface area contributed by atoms with Crippen LogP contribution < -0.4 is 5.43 Å². The highest BCUT2D eigenvalue weighted by molar-refractivity contribution is 7.18. The van der Waals surface area contributed by atoms with Gasteiger partial charge in [-0.05, 0) is 11.1 Å². The number of rotatable bonds is 2. The van der Waals surface area contributed by atoms with E-state index in [0.717, 1.165) is 20.9 Å². The lowest BCUT2D eigenvalue weighted by Gasteiger charge is -2.03. The maximum absolute atomic E-state index is 9.92. The Kier molecular flexibility index (Phi) is 3.25. The van der Waals surface area contributed by atoms with Crippen LogP contribution in [0.1, 0.15) is 0 Å². The number of hydrogen-bond acceptors (Lipinski definition) is 1. The van der Waals surface area contributed by atoms with Crippen LogP contribution in [0.3, 0.4) is 0 Å². The molecule has 0 bridgehead atoms. The third kappa shape index (κ3) is 2.64. The van der Waals surface area contributed by atoms with Crippen LogP contribution in [0.25, 0.3) is 20.9 Å². The smallest absolute Gasteiger partial charge is 0.274 e. The van der Waals surface area contributed by atoms with Gasteiger partial charge < -0.3 is 0 Å². The van der Waals surface area contributed by atoms with Crippen molar-refractivity contribution >= 4 is 11.3 Å². The highest BCUT2D eigenvalue weighted by Crippen LogP contribution is 2.30. The third-order valence-electron chi connectivity index (χ3n) is 2.89. The lowest BCUT2D eigenvalue weighted by molar-refractivity contribution is 0.578. The molecule has 3 aromatic rings. The minimum Gasteiger partial charge on any atom is -0.274 e. The first-order chi connectivity index (χ1) is 9.33. The van der Waals surface area contributed by atoms with E-state index in [1.54, 1.807) is 11.3 Å². The molecule has 2 heteroatoms. The Hall–Kier alpha value is -2.19. The van der Waals surface area contributed by atoms with Crippen LogP contribution in [-0.4, -0.2) is 4.79 Å². The van der Waals surface area contributed by atoms with Gasteiger partial charge in [-0.2, -0.15) is 0 Å². The summed E-state index contributed by atoms with van der Waals surface area (Å²) in [5, 5.41) is 0. The predicted octanol–water partition coefficient (Wildman–Crippen LogP) is 4.09. The monoisotopic (exact) mass is 265 g/mol. The van der Waals surface area contributed by atoms with Crippen molar-refractivity contribution in [2.75, 3.05) is 0 Å². The standard InChI is InChI=1S/C17H12OS/c18-15-11-16(13-7-3-1-4-8-13)19-17(12-15)14-9-5-2-6-10-14/h1-12H/p+1. The van der Waals surface area contributed by atoms with Crippen molar-refractivity contribution in [3.63, 3.8) is 0 Å². The molecular weight excluding hydrogens is 252 g/mol. The molecule has 0 unspecified atom stereocenters. The van der Waals surface area contributed by atoms with E-state index in [0.29, 0.717) is 5.43 Å². The fourth-order valence-electron chi connectivity index (χ4n) is 1.98. The first-order valence-electron chi connectivity index (χ1n) is 6.11. The minimum atomic E-state index is 0.302. The van der Waals surface area contributed by atoms with E-state index in [2.05, 4.69) is 24.3 Å². The van der Waals surface area contributed by atoms with Crippen LogP contribution in [0.2, 0.25) is 0 Å². The summed E-state index contributed by atoms with van der Waals surface area (Å²) in [5.41, 5.74) is 2.55. The molecule has 1 heterocycles. The van der Waals surface area contributed by atoms with Gasteiger partial charge in [-0.25, -0.2) is 0 Å². The Bertz CT molecular complexity index is 669. The first kappa shape index (κ1) is 11.9. The molecule has 0 fully saturated rings. The molecule has 0 amide bonds. The summed E-state index contributed by atoms with van der Waals surface area (Å²) in [6.45, 7) is 0. The molecule has 0 aliphatic rings. The molecule has 1 aromatic heterocycles. The molecule has 0 saturated carbocycles. The van der Waals surface area contributed by atoms with Gasteiger partial charge in [0.1, 0.15) is 0 Å². The zero-order valence-electron chi connectivity index (χ0n) is 10.3. The predicted molar refractivity (Wildman–Crippen MR) is 80.3 cm³/mol. The SMILES string of the molecule is [OH+]=c1cc(-c2ccccc2)sc(-c2ccccc2)c1. The summed E-state index contributed by atoms with van der Waals surface area (Å²) in [6.07, 6.45) is 0. The molecule has 2 aromatic carbocycles. The Balaban J connectivity index is 2.15. The third-order valence-corrected chi connectivity index (χ3v) is 4.04. The Morgan fingerprint density at radius 3 is 1.47 bits per heavy atom. The van der Waals surface area contributed by atoms with Crippen molar-refractivity contribution in [3.8, 4) is 20.9 Å². The quantitative estimate of drug-likeness (QED) is 0.623. The van der Waals surface area contributed by atoms with E-state index < -0.39 is 0 Å². The molecule has 0 atom stereocenters. The topological polar surface area (TPSA) is 21.4 Å². The van der Waals surface area contributed by atoms with Gasteiger partial charge in [0.05, 0.1) is 12.1 Å². The normalized spacial score (nSPS) is 10.3. The Morgan fingerprint density at radius 1 is 0.632 bits per heavy atom. The zero-order valence-corrected chi connectivity index (χ0v) is 11.1. The fraction of sp³-hybridized carbons (Fsp3) is 0. The fourth-order valence-corrected chi connectivity index (χ4v) is 3.08. The summed E-state index contributed by atoms with van der Waals surface area (Å²) in [5.74, 6) is 0. The van der Waals surface area contributed by atoms with Gasteiger partial charge >= 0.3 is 5.43 Å². The molecule has 0 radical (unpaired) electrons. The second-order valence-electron chi connectivity index (χ2n) is 4.28. The van der Waals surface area contributed by atoms with Gasteiger partial charge in [0.25, 0.3) is 0 Å². The summed E-state index contributed by atoms with van der Waals surface area (Å²) in [4.78, 5) is 12.1. The summed E-state index contributed by atoms with van der Waals surface area (Å²) in [7, 11) is 0. The van der Waals surface area contributed by atoms with Crippen LogP contribution in [0.4, 0.5) is 0 Å². The van der Waals surface area contributed by atoms with Crippen LogP contribution >= 0.6 is 11.3 Å². The largest absolute Gasteiger partial charge is 0.342 e. The molecule has 0 aliphatic heterocycles. The number of benzene rings is 2. The van der Waals surface area contributed by atoms with E-state index in [1.165, 1.54) is 0 Å². The Morgan fingerprint density at radius 2 is 1.05 bits per heavy atom. The van der Waals surface area contributed by atoms with Gasteiger partial charge in [-0.3, -0.25) is 4.79 Å². The van der Waals surface area contributed by atoms with E-state index in [1.807, 2.05) is 48.5 Å². The average Bonchev–Trinajstić information content (AvgIpc) is 2.48. The van der Waals surface area contributed by atoms with Crippen molar-refractivity contribution in [3.05, 3.63) is 78.2 Å². The summed E-state index contributed by atoms with van der Waals surface area (Å²) in [6, 6.07) is 23.9. The summed E-state index contributed by atoms with van der Waals surface area (Å²) >= 11 is 1.68. The van der Waals surface area contributed by atoms with Crippen molar-refractivity contribution in [2.24, 2.45) is 0 Å². The van der Waals surface area contributed by atoms with Crippen molar-refractivity contribution < 1.29 is 4.79 Å². The van der Waals surface area contributed by atoms with Gasteiger partial charge in [-0.1, -0.05) is 60.7 Å². The van der Waals surface area contributed by atoms with Crippen molar-refractivity contribution in [1.29, 1.82) is 0 Å². The molecule has 1 N–H and O–H groups in total. The van der Waals surface area contributed by atoms with Crippen LogP contribution in [0.5, 0.6) is 0 Å². The van der Waals surface area contributed by atoms with Gasteiger partial charge in [0, 0.05) is 9.75 Å². The van der Waals surface area contributed by atoms with Crippen LogP contribution in [0, 0.1) is 0 Å². The zero-order chi connectivity index (χ0) is 13.1. The average molecular weight is 265 g/mol. The lowest BCUT2D eigenvalue weighted by Crippen LogP contribution is -1.99. The Labute approximate surface area is 115 Å². The van der Waals surface area contributed by atoms with Gasteiger partial charge in [-0.15, -0.1) is 11.3 Å². The molecule has 0 spiro atoms. The molecule has 19 heavy (non-hydrogen) atoms. The van der Waals surface area contributed by atoms with Crippen molar-refractivity contribution in [2.45, 2.75) is 0 Å².